The molecule has 0 amide bonds. The molecule has 0 aromatic carbocycles. The van der Waals surface area contributed by atoms with Crippen molar-refractivity contribution in [1.82, 2.24) is 0 Å². The highest BCUT2D eigenvalue weighted by Gasteiger charge is 2.19. The number of hydrogen-bond donors (Lipinski definition) is 0. The zero-order valence-corrected chi connectivity index (χ0v) is 10.6. The molecule has 1 saturated carbocycles. The summed E-state index contributed by atoms with van der Waals surface area (Å²) in [7, 11) is 0. The molecule has 0 spiro atoms. The average molecular weight is 226 g/mol. The Balaban J connectivity index is 1.53. The van der Waals surface area contributed by atoms with Gasteiger partial charge in [0.2, 0.25) is 0 Å². The van der Waals surface area contributed by atoms with Crippen molar-refractivity contribution in [3.8, 4) is 0 Å². The van der Waals surface area contributed by atoms with E-state index in [2.05, 4.69) is 6.92 Å². The van der Waals surface area contributed by atoms with E-state index >= 15 is 0 Å². The van der Waals surface area contributed by atoms with Gasteiger partial charge in [-0.15, -0.1) is 0 Å². The third kappa shape index (κ3) is 4.06. The van der Waals surface area contributed by atoms with Gasteiger partial charge in [0.1, 0.15) is 0 Å². The van der Waals surface area contributed by atoms with Crippen LogP contribution in [0.2, 0.25) is 0 Å². The lowest BCUT2D eigenvalue weighted by atomic mass is 9.82. The highest BCUT2D eigenvalue weighted by molar-refractivity contribution is 4.69. The lowest BCUT2D eigenvalue weighted by Gasteiger charge is -2.27. The standard InChI is InChI=1S/C14H26O2/c1-12-5-7-13(8-6-12)9-11-16-14-4-2-3-10-15-14/h12-14H,2-11H2,1H3. The van der Waals surface area contributed by atoms with E-state index in [4.69, 9.17) is 9.47 Å². The molecular formula is C14H26O2. The van der Waals surface area contributed by atoms with Crippen molar-refractivity contribution in [2.24, 2.45) is 11.8 Å². The molecule has 2 aliphatic rings. The van der Waals surface area contributed by atoms with Crippen molar-refractivity contribution >= 4 is 0 Å². The Morgan fingerprint density at radius 1 is 1.06 bits per heavy atom. The van der Waals surface area contributed by atoms with E-state index < -0.39 is 0 Å². The molecule has 0 bridgehead atoms. The van der Waals surface area contributed by atoms with Crippen molar-refractivity contribution < 1.29 is 9.47 Å². The molecule has 0 aromatic heterocycles. The highest BCUT2D eigenvalue weighted by Crippen LogP contribution is 2.30. The highest BCUT2D eigenvalue weighted by atomic mass is 16.7. The van der Waals surface area contributed by atoms with Crippen molar-refractivity contribution in [3.05, 3.63) is 0 Å². The number of rotatable bonds is 4. The maximum Gasteiger partial charge on any atom is 0.157 e. The third-order valence-corrected chi connectivity index (χ3v) is 4.10. The van der Waals surface area contributed by atoms with E-state index in [9.17, 15) is 0 Å². The SMILES string of the molecule is CC1CCC(CCOC2CCCCO2)CC1. The maximum atomic E-state index is 5.79. The van der Waals surface area contributed by atoms with E-state index in [0.29, 0.717) is 0 Å². The van der Waals surface area contributed by atoms with E-state index in [1.165, 1.54) is 44.9 Å². The lowest BCUT2D eigenvalue weighted by molar-refractivity contribution is -0.164. The summed E-state index contributed by atoms with van der Waals surface area (Å²) in [4.78, 5) is 0. The molecule has 2 nitrogen and oxygen atoms in total. The summed E-state index contributed by atoms with van der Waals surface area (Å²) in [5.41, 5.74) is 0. The molecule has 0 N–H and O–H groups in total. The van der Waals surface area contributed by atoms with Gasteiger partial charge < -0.3 is 9.47 Å². The monoisotopic (exact) mass is 226 g/mol. The van der Waals surface area contributed by atoms with E-state index in [0.717, 1.165) is 31.5 Å². The fourth-order valence-corrected chi connectivity index (χ4v) is 2.83. The van der Waals surface area contributed by atoms with Gasteiger partial charge in [0.15, 0.2) is 6.29 Å². The van der Waals surface area contributed by atoms with Crippen molar-refractivity contribution in [3.63, 3.8) is 0 Å². The Labute approximate surface area is 99.7 Å². The molecule has 1 unspecified atom stereocenters. The molecule has 2 rings (SSSR count). The minimum atomic E-state index is 0.108. The largest absolute Gasteiger partial charge is 0.353 e. The van der Waals surface area contributed by atoms with Crippen molar-refractivity contribution in [2.45, 2.75) is 64.6 Å². The second kappa shape index (κ2) is 6.61. The fourth-order valence-electron chi connectivity index (χ4n) is 2.83. The normalized spacial score (nSPS) is 36.2. The van der Waals surface area contributed by atoms with Gasteiger partial charge in [-0.1, -0.05) is 32.6 Å². The molecule has 0 aromatic rings. The van der Waals surface area contributed by atoms with Gasteiger partial charge in [-0.2, -0.15) is 0 Å². The summed E-state index contributed by atoms with van der Waals surface area (Å²) < 4.78 is 11.4. The Bertz CT molecular complexity index is 179. The zero-order valence-electron chi connectivity index (χ0n) is 10.6. The summed E-state index contributed by atoms with van der Waals surface area (Å²) in [6.07, 6.45) is 10.6. The summed E-state index contributed by atoms with van der Waals surface area (Å²) in [6.45, 7) is 4.18. The van der Waals surface area contributed by atoms with Gasteiger partial charge in [-0.25, -0.2) is 0 Å². The topological polar surface area (TPSA) is 18.5 Å². The fraction of sp³-hybridized carbons (Fsp3) is 1.00. The van der Waals surface area contributed by atoms with Crippen LogP contribution in [0.5, 0.6) is 0 Å². The molecular weight excluding hydrogens is 200 g/mol. The molecule has 2 heteroatoms. The molecule has 1 aliphatic carbocycles. The predicted molar refractivity (Wildman–Crippen MR) is 65.3 cm³/mol. The minimum Gasteiger partial charge on any atom is -0.353 e. The van der Waals surface area contributed by atoms with Crippen LogP contribution in [0.1, 0.15) is 58.3 Å². The van der Waals surface area contributed by atoms with E-state index in [1.54, 1.807) is 0 Å². The van der Waals surface area contributed by atoms with Crippen LogP contribution in [0, 0.1) is 11.8 Å². The summed E-state index contributed by atoms with van der Waals surface area (Å²) in [5.74, 6) is 1.87. The molecule has 1 atom stereocenters. The first-order valence-electron chi connectivity index (χ1n) is 7.08. The van der Waals surface area contributed by atoms with Crippen LogP contribution >= 0.6 is 0 Å². The second-order valence-electron chi connectivity index (χ2n) is 5.58. The van der Waals surface area contributed by atoms with Gasteiger partial charge in [-0.3, -0.25) is 0 Å². The second-order valence-corrected chi connectivity index (χ2v) is 5.58. The smallest absolute Gasteiger partial charge is 0.157 e. The molecule has 1 saturated heterocycles. The maximum absolute atomic E-state index is 5.79. The molecule has 1 aliphatic heterocycles. The van der Waals surface area contributed by atoms with Crippen LogP contribution in [0.3, 0.4) is 0 Å². The quantitative estimate of drug-likeness (QED) is 0.727. The van der Waals surface area contributed by atoms with Gasteiger partial charge in [0, 0.05) is 13.2 Å². The predicted octanol–water partition coefficient (Wildman–Crippen LogP) is 3.75. The first-order chi connectivity index (χ1) is 7.84. The first-order valence-corrected chi connectivity index (χ1v) is 7.08. The Morgan fingerprint density at radius 2 is 1.88 bits per heavy atom. The Kier molecular flexibility index (Phi) is 5.11. The molecule has 2 fully saturated rings. The van der Waals surface area contributed by atoms with Crippen LogP contribution in [0.4, 0.5) is 0 Å². The van der Waals surface area contributed by atoms with Crippen molar-refractivity contribution in [2.75, 3.05) is 13.2 Å². The Morgan fingerprint density at radius 3 is 2.56 bits per heavy atom. The minimum absolute atomic E-state index is 0.108. The summed E-state index contributed by atoms with van der Waals surface area (Å²) >= 11 is 0. The average Bonchev–Trinajstić information content (AvgIpc) is 2.33. The molecule has 16 heavy (non-hydrogen) atoms. The number of hydrogen-bond acceptors (Lipinski definition) is 2. The molecule has 94 valence electrons. The van der Waals surface area contributed by atoms with Crippen LogP contribution in [0.25, 0.3) is 0 Å². The van der Waals surface area contributed by atoms with Gasteiger partial charge in [0.25, 0.3) is 0 Å². The van der Waals surface area contributed by atoms with E-state index in [-0.39, 0.29) is 6.29 Å². The van der Waals surface area contributed by atoms with Gasteiger partial charge >= 0.3 is 0 Å². The molecule has 0 radical (unpaired) electrons. The summed E-state index contributed by atoms with van der Waals surface area (Å²) in [5, 5.41) is 0. The number of ether oxygens (including phenoxy) is 2. The van der Waals surface area contributed by atoms with Gasteiger partial charge in [0.05, 0.1) is 0 Å². The molecule has 1 heterocycles. The summed E-state index contributed by atoms with van der Waals surface area (Å²) in [6, 6.07) is 0. The van der Waals surface area contributed by atoms with Crippen LogP contribution in [0.15, 0.2) is 0 Å². The van der Waals surface area contributed by atoms with Crippen molar-refractivity contribution in [1.29, 1.82) is 0 Å². The van der Waals surface area contributed by atoms with Crippen LogP contribution < -0.4 is 0 Å². The van der Waals surface area contributed by atoms with Crippen LogP contribution in [-0.4, -0.2) is 19.5 Å². The zero-order chi connectivity index (χ0) is 11.2. The van der Waals surface area contributed by atoms with Gasteiger partial charge in [-0.05, 0) is 37.5 Å². The first kappa shape index (κ1) is 12.4. The lowest BCUT2D eigenvalue weighted by Crippen LogP contribution is -2.23. The van der Waals surface area contributed by atoms with Crippen LogP contribution in [-0.2, 0) is 9.47 Å². The Hall–Kier alpha value is -0.0800. The third-order valence-electron chi connectivity index (χ3n) is 4.10. The van der Waals surface area contributed by atoms with E-state index in [1.807, 2.05) is 0 Å².